The summed E-state index contributed by atoms with van der Waals surface area (Å²) in [4.78, 5) is 14.5. The van der Waals surface area contributed by atoms with E-state index in [9.17, 15) is 10.1 Å². The maximum Gasteiger partial charge on any atom is 0.269 e. The number of aryl methyl sites for hydroxylation is 1. The highest BCUT2D eigenvalue weighted by Crippen LogP contribution is 2.25. The number of non-ortho nitro benzene ring substituents is 1. The second kappa shape index (κ2) is 5.57. The Morgan fingerprint density at radius 2 is 2.26 bits per heavy atom. The number of hydrogen-bond donors (Lipinski definition) is 1. The fourth-order valence-electron chi connectivity index (χ4n) is 1.67. The number of nitro groups is 1. The van der Waals surface area contributed by atoms with E-state index in [0.717, 1.165) is 12.1 Å². The predicted molar refractivity (Wildman–Crippen MR) is 68.5 cm³/mol. The summed E-state index contributed by atoms with van der Waals surface area (Å²) in [5.41, 5.74) is 1.49. The molecule has 0 spiro atoms. The van der Waals surface area contributed by atoms with Crippen molar-refractivity contribution in [3.05, 3.63) is 39.7 Å². The summed E-state index contributed by atoms with van der Waals surface area (Å²) in [5, 5.41) is 17.6. The predicted octanol–water partition coefficient (Wildman–Crippen LogP) is 2.06. The Labute approximate surface area is 109 Å². The van der Waals surface area contributed by atoms with Gasteiger partial charge in [-0.25, -0.2) is 0 Å². The second-order valence-corrected chi connectivity index (χ2v) is 4.05. The number of nitro benzene ring substituents is 1. The lowest BCUT2D eigenvalue weighted by molar-refractivity contribution is -0.384. The van der Waals surface area contributed by atoms with Crippen molar-refractivity contribution in [3.8, 4) is 11.5 Å². The van der Waals surface area contributed by atoms with Gasteiger partial charge < -0.3 is 9.84 Å². The lowest BCUT2D eigenvalue weighted by Crippen LogP contribution is -2.12. The smallest absolute Gasteiger partial charge is 0.269 e. The van der Waals surface area contributed by atoms with Crippen molar-refractivity contribution < 1.29 is 9.45 Å². The number of nitrogens with one attached hydrogen (secondary N) is 1. The molecule has 7 nitrogen and oxygen atoms in total. The fraction of sp³-hybridized carbons (Fsp3) is 0.333. The molecule has 0 fully saturated rings. The first-order valence-corrected chi connectivity index (χ1v) is 5.90. The molecule has 0 atom stereocenters. The minimum atomic E-state index is -0.429. The van der Waals surface area contributed by atoms with Gasteiger partial charge >= 0.3 is 0 Å². The molecule has 0 bridgehead atoms. The van der Waals surface area contributed by atoms with Crippen LogP contribution in [0.4, 0.5) is 5.69 Å². The number of hydrogen-bond acceptors (Lipinski definition) is 6. The molecule has 100 valence electrons. The Bertz CT molecular complexity index is 594. The van der Waals surface area contributed by atoms with Crippen molar-refractivity contribution in [2.24, 2.45) is 0 Å². The van der Waals surface area contributed by atoms with E-state index in [1.807, 2.05) is 6.92 Å². The molecule has 1 heterocycles. The molecule has 0 saturated carbocycles. The van der Waals surface area contributed by atoms with Crippen molar-refractivity contribution >= 4 is 5.69 Å². The van der Waals surface area contributed by atoms with E-state index in [1.165, 1.54) is 12.1 Å². The van der Waals surface area contributed by atoms with Gasteiger partial charge in [0.25, 0.3) is 11.6 Å². The van der Waals surface area contributed by atoms with Crippen LogP contribution in [-0.4, -0.2) is 21.6 Å². The quantitative estimate of drug-likeness (QED) is 0.654. The highest BCUT2D eigenvalue weighted by Gasteiger charge is 2.14. The van der Waals surface area contributed by atoms with Crippen LogP contribution in [-0.2, 0) is 6.54 Å². The van der Waals surface area contributed by atoms with Gasteiger partial charge in [-0.1, -0.05) is 12.1 Å². The normalized spacial score (nSPS) is 10.6. The third kappa shape index (κ3) is 2.94. The molecule has 19 heavy (non-hydrogen) atoms. The van der Waals surface area contributed by atoms with Gasteiger partial charge in [0.1, 0.15) is 0 Å². The Hall–Kier alpha value is -2.28. The standard InChI is InChI=1S/C12H14N4O3/c1-3-13-7-11-14-12(19-15-11)10-5-4-9(16(17)18)6-8(10)2/h4-6,13H,3,7H2,1-2H3. The zero-order valence-corrected chi connectivity index (χ0v) is 10.7. The van der Waals surface area contributed by atoms with Gasteiger partial charge in [0.05, 0.1) is 11.5 Å². The number of benzene rings is 1. The zero-order chi connectivity index (χ0) is 13.8. The van der Waals surface area contributed by atoms with Gasteiger partial charge in [-0.15, -0.1) is 0 Å². The maximum absolute atomic E-state index is 10.7. The number of aromatic nitrogens is 2. The van der Waals surface area contributed by atoms with Gasteiger partial charge in [0, 0.05) is 17.7 Å². The molecular weight excluding hydrogens is 248 g/mol. The Morgan fingerprint density at radius 3 is 2.89 bits per heavy atom. The summed E-state index contributed by atoms with van der Waals surface area (Å²) in [7, 11) is 0. The Kier molecular flexibility index (Phi) is 3.86. The molecule has 1 N–H and O–H groups in total. The summed E-state index contributed by atoms with van der Waals surface area (Å²) < 4.78 is 5.16. The first-order valence-electron chi connectivity index (χ1n) is 5.90. The van der Waals surface area contributed by atoms with Crippen LogP contribution in [0.2, 0.25) is 0 Å². The van der Waals surface area contributed by atoms with Gasteiger partial charge in [-0.2, -0.15) is 4.98 Å². The van der Waals surface area contributed by atoms with E-state index >= 15 is 0 Å². The van der Waals surface area contributed by atoms with Crippen molar-refractivity contribution in [1.29, 1.82) is 0 Å². The topological polar surface area (TPSA) is 94.1 Å². The van der Waals surface area contributed by atoms with E-state index < -0.39 is 4.92 Å². The van der Waals surface area contributed by atoms with Crippen LogP contribution >= 0.6 is 0 Å². The number of rotatable bonds is 5. The average molecular weight is 262 g/mol. The molecule has 1 aromatic heterocycles. The van der Waals surface area contributed by atoms with E-state index in [-0.39, 0.29) is 5.69 Å². The Balaban J connectivity index is 2.26. The number of nitrogens with zero attached hydrogens (tertiary/aromatic N) is 3. The van der Waals surface area contributed by atoms with Gasteiger partial charge in [0.15, 0.2) is 5.82 Å². The average Bonchev–Trinajstić information content (AvgIpc) is 2.84. The molecule has 0 saturated heterocycles. The molecule has 2 aromatic rings. The van der Waals surface area contributed by atoms with Gasteiger partial charge in [-0.3, -0.25) is 10.1 Å². The highest BCUT2D eigenvalue weighted by molar-refractivity contribution is 5.60. The summed E-state index contributed by atoms with van der Waals surface area (Å²) in [6.45, 7) is 5.12. The minimum Gasteiger partial charge on any atom is -0.334 e. The Morgan fingerprint density at radius 1 is 1.47 bits per heavy atom. The molecule has 7 heteroatoms. The molecule has 0 amide bonds. The van der Waals surface area contributed by atoms with E-state index in [0.29, 0.717) is 23.8 Å². The van der Waals surface area contributed by atoms with Crippen LogP contribution in [0.5, 0.6) is 0 Å². The highest BCUT2D eigenvalue weighted by atomic mass is 16.6. The lowest BCUT2D eigenvalue weighted by atomic mass is 10.1. The summed E-state index contributed by atoms with van der Waals surface area (Å²) >= 11 is 0. The second-order valence-electron chi connectivity index (χ2n) is 4.05. The largest absolute Gasteiger partial charge is 0.334 e. The van der Waals surface area contributed by atoms with Crippen LogP contribution in [0.1, 0.15) is 18.3 Å². The summed E-state index contributed by atoms with van der Waals surface area (Å²) in [6, 6.07) is 4.54. The van der Waals surface area contributed by atoms with Gasteiger partial charge in [-0.05, 0) is 25.1 Å². The SMILES string of the molecule is CCNCc1noc(-c2ccc([N+](=O)[O-])cc2C)n1. The monoisotopic (exact) mass is 262 g/mol. The molecule has 1 aromatic carbocycles. The lowest BCUT2D eigenvalue weighted by Gasteiger charge is -1.99. The summed E-state index contributed by atoms with van der Waals surface area (Å²) in [5.74, 6) is 0.940. The van der Waals surface area contributed by atoms with E-state index in [4.69, 9.17) is 4.52 Å². The fourth-order valence-corrected chi connectivity index (χ4v) is 1.67. The molecular formula is C12H14N4O3. The van der Waals surface area contributed by atoms with E-state index in [2.05, 4.69) is 15.5 Å². The molecule has 0 unspecified atom stereocenters. The third-order valence-corrected chi connectivity index (χ3v) is 2.65. The van der Waals surface area contributed by atoms with Crippen molar-refractivity contribution in [1.82, 2.24) is 15.5 Å². The van der Waals surface area contributed by atoms with Crippen LogP contribution in [0.25, 0.3) is 11.5 Å². The van der Waals surface area contributed by atoms with E-state index in [1.54, 1.807) is 13.0 Å². The van der Waals surface area contributed by atoms with Crippen LogP contribution in [0.15, 0.2) is 22.7 Å². The van der Waals surface area contributed by atoms with Crippen LogP contribution in [0.3, 0.4) is 0 Å². The minimum absolute atomic E-state index is 0.0497. The van der Waals surface area contributed by atoms with Crippen molar-refractivity contribution in [2.45, 2.75) is 20.4 Å². The van der Waals surface area contributed by atoms with Crippen LogP contribution in [0, 0.1) is 17.0 Å². The molecule has 0 aliphatic heterocycles. The zero-order valence-electron chi connectivity index (χ0n) is 10.7. The van der Waals surface area contributed by atoms with Gasteiger partial charge in [0.2, 0.25) is 0 Å². The third-order valence-electron chi connectivity index (χ3n) is 2.65. The first-order chi connectivity index (χ1) is 9.11. The molecule has 0 aliphatic carbocycles. The molecule has 2 rings (SSSR count). The summed E-state index contributed by atoms with van der Waals surface area (Å²) in [6.07, 6.45) is 0. The van der Waals surface area contributed by atoms with Crippen molar-refractivity contribution in [2.75, 3.05) is 6.54 Å². The molecule has 0 aliphatic rings. The molecule has 0 radical (unpaired) electrons. The maximum atomic E-state index is 10.7. The van der Waals surface area contributed by atoms with Crippen LogP contribution < -0.4 is 5.32 Å². The van der Waals surface area contributed by atoms with Crippen molar-refractivity contribution in [3.63, 3.8) is 0 Å². The first kappa shape index (κ1) is 13.2.